The van der Waals surface area contributed by atoms with E-state index in [1.165, 1.54) is 32.3 Å². The van der Waals surface area contributed by atoms with Crippen LogP contribution in [0.1, 0.15) is 0 Å². The third-order valence-corrected chi connectivity index (χ3v) is 12.7. The van der Waals surface area contributed by atoms with Crippen LogP contribution in [0.2, 0.25) is 0 Å². The molecule has 0 aliphatic carbocycles. The van der Waals surface area contributed by atoms with Crippen molar-refractivity contribution in [2.24, 2.45) is 0 Å². The summed E-state index contributed by atoms with van der Waals surface area (Å²) in [6.45, 7) is 0. The highest BCUT2D eigenvalue weighted by Gasteiger charge is 2.28. The zero-order valence-corrected chi connectivity index (χ0v) is 34.1. The van der Waals surface area contributed by atoms with Crippen LogP contribution in [0.4, 0.5) is 0 Å². The van der Waals surface area contributed by atoms with Gasteiger partial charge >= 0.3 is 0 Å². The number of hydrogen-bond donors (Lipinski definition) is 0. The Balaban J connectivity index is 1.28. The first kappa shape index (κ1) is 35.2. The number of aromatic nitrogens is 5. The van der Waals surface area contributed by atoms with Crippen LogP contribution in [0.5, 0.6) is 0 Å². The van der Waals surface area contributed by atoms with Gasteiger partial charge in [-0.25, -0.2) is 9.97 Å². The van der Waals surface area contributed by atoms with Crippen molar-refractivity contribution in [3.63, 3.8) is 0 Å². The Hall–Kier alpha value is -8.54. The number of benzene rings is 9. The Labute approximate surface area is 363 Å². The summed E-state index contributed by atoms with van der Waals surface area (Å²) in [4.78, 5) is 10.8. The molecule has 63 heavy (non-hydrogen) atoms. The Morgan fingerprint density at radius 2 is 0.619 bits per heavy atom. The fourth-order valence-electron chi connectivity index (χ4n) is 9.97. The summed E-state index contributed by atoms with van der Waals surface area (Å²) in [7, 11) is 0. The van der Waals surface area contributed by atoms with Crippen molar-refractivity contribution in [2.45, 2.75) is 0 Å². The van der Waals surface area contributed by atoms with Gasteiger partial charge in [-0.3, -0.25) is 0 Å². The van der Waals surface area contributed by atoms with Gasteiger partial charge in [0.25, 0.3) is 0 Å². The molecule has 9 aromatic carbocycles. The van der Waals surface area contributed by atoms with Gasteiger partial charge in [0.1, 0.15) is 0 Å². The van der Waals surface area contributed by atoms with Crippen molar-refractivity contribution in [1.29, 1.82) is 0 Å². The highest BCUT2D eigenvalue weighted by Crippen LogP contribution is 2.46. The first-order valence-electron chi connectivity index (χ1n) is 21.4. The standard InChI is InChI=1S/C58H37N5/c1-3-19-38(20-4-1)47-37-48(60-58(59-47)39-21-5-2-6-22-39)46-35-36-55(61-49-29-13-7-23-40(49)41-24-8-14-30-50(41)61)57(63-53-33-17-11-27-44(53)45-28-12-18-34-54(45)63)56(46)62-51-31-15-9-25-42(51)43-26-10-16-32-52(43)62/h1-37H. The molecule has 0 aliphatic rings. The van der Waals surface area contributed by atoms with Crippen LogP contribution in [0.25, 0.3) is 116 Å². The lowest BCUT2D eigenvalue weighted by Gasteiger charge is -2.25. The largest absolute Gasteiger partial charge is 0.307 e. The van der Waals surface area contributed by atoms with E-state index in [1.54, 1.807) is 0 Å². The van der Waals surface area contributed by atoms with E-state index in [9.17, 15) is 0 Å². The molecule has 0 bridgehead atoms. The minimum Gasteiger partial charge on any atom is -0.307 e. The van der Waals surface area contributed by atoms with E-state index in [2.05, 4.69) is 232 Å². The van der Waals surface area contributed by atoms with Crippen molar-refractivity contribution in [1.82, 2.24) is 23.7 Å². The van der Waals surface area contributed by atoms with E-state index in [0.29, 0.717) is 5.82 Å². The van der Waals surface area contributed by atoms with Gasteiger partial charge < -0.3 is 13.7 Å². The maximum atomic E-state index is 5.53. The van der Waals surface area contributed by atoms with E-state index in [-0.39, 0.29) is 0 Å². The number of nitrogens with zero attached hydrogens (tertiary/aromatic N) is 5. The fourth-order valence-corrected chi connectivity index (χ4v) is 9.97. The molecule has 0 spiro atoms. The molecule has 4 aromatic heterocycles. The lowest BCUT2D eigenvalue weighted by atomic mass is 10.0. The molecule has 0 saturated carbocycles. The number of fused-ring (bicyclic) bond motifs is 9. The molecule has 0 aliphatic heterocycles. The van der Waals surface area contributed by atoms with E-state index in [0.717, 1.165) is 78.2 Å². The second kappa shape index (κ2) is 14.0. The summed E-state index contributed by atoms with van der Waals surface area (Å²) < 4.78 is 7.46. The third-order valence-electron chi connectivity index (χ3n) is 12.7. The van der Waals surface area contributed by atoms with Crippen LogP contribution < -0.4 is 0 Å². The molecular formula is C58H37N5. The summed E-state index contributed by atoms with van der Waals surface area (Å²) in [6.07, 6.45) is 0. The van der Waals surface area contributed by atoms with Crippen LogP contribution in [0, 0.1) is 0 Å². The first-order valence-corrected chi connectivity index (χ1v) is 21.4. The summed E-state index contributed by atoms with van der Waals surface area (Å²) in [5, 5.41) is 7.18. The van der Waals surface area contributed by atoms with Gasteiger partial charge in [-0.1, -0.05) is 170 Å². The highest BCUT2D eigenvalue weighted by atomic mass is 15.1. The zero-order chi connectivity index (χ0) is 41.4. The monoisotopic (exact) mass is 803 g/mol. The van der Waals surface area contributed by atoms with Crippen molar-refractivity contribution >= 4 is 65.4 Å². The molecule has 5 heteroatoms. The second-order valence-electron chi connectivity index (χ2n) is 16.1. The lowest BCUT2D eigenvalue weighted by Crippen LogP contribution is -2.11. The first-order chi connectivity index (χ1) is 31.3. The number of hydrogen-bond acceptors (Lipinski definition) is 2. The van der Waals surface area contributed by atoms with E-state index in [4.69, 9.17) is 9.97 Å². The minimum atomic E-state index is 0.671. The van der Waals surface area contributed by atoms with E-state index < -0.39 is 0 Å². The average molecular weight is 804 g/mol. The van der Waals surface area contributed by atoms with E-state index in [1.807, 2.05) is 6.07 Å². The lowest BCUT2D eigenvalue weighted by molar-refractivity contribution is 1.05. The van der Waals surface area contributed by atoms with Gasteiger partial charge in [0.15, 0.2) is 5.82 Å². The van der Waals surface area contributed by atoms with Gasteiger partial charge in [-0.15, -0.1) is 0 Å². The molecule has 13 rings (SSSR count). The predicted octanol–water partition coefficient (Wildman–Crippen LogP) is 14.8. The van der Waals surface area contributed by atoms with Crippen LogP contribution in [0.15, 0.2) is 224 Å². The molecule has 0 fully saturated rings. The Bertz CT molecular complexity index is 3690. The molecule has 0 N–H and O–H groups in total. The molecule has 0 amide bonds. The van der Waals surface area contributed by atoms with Crippen LogP contribution in [0.3, 0.4) is 0 Å². The molecule has 294 valence electrons. The highest BCUT2D eigenvalue weighted by molar-refractivity contribution is 6.14. The molecule has 0 unspecified atom stereocenters. The van der Waals surface area contributed by atoms with Crippen molar-refractivity contribution in [2.75, 3.05) is 0 Å². The summed E-state index contributed by atoms with van der Waals surface area (Å²) in [6, 6.07) is 80.4. The number of rotatable bonds is 6. The molecule has 0 saturated heterocycles. The van der Waals surface area contributed by atoms with Crippen molar-refractivity contribution in [3.8, 4) is 51.0 Å². The maximum absolute atomic E-state index is 5.53. The van der Waals surface area contributed by atoms with Gasteiger partial charge in [0.2, 0.25) is 0 Å². The maximum Gasteiger partial charge on any atom is 0.160 e. The van der Waals surface area contributed by atoms with Crippen LogP contribution >= 0.6 is 0 Å². The van der Waals surface area contributed by atoms with Crippen molar-refractivity contribution in [3.05, 3.63) is 224 Å². The summed E-state index contributed by atoms with van der Waals surface area (Å²) in [5.74, 6) is 0.671. The SMILES string of the molecule is c1ccc(-c2cc(-c3ccc(-n4c5ccccc5c5ccccc54)c(-n4c5ccccc5c5ccccc54)c3-n3c4ccccc4c4ccccc43)nc(-c3ccccc3)n2)cc1. The van der Waals surface area contributed by atoms with E-state index >= 15 is 0 Å². The van der Waals surface area contributed by atoms with Gasteiger partial charge in [-0.05, 0) is 54.6 Å². The Morgan fingerprint density at radius 1 is 0.270 bits per heavy atom. The van der Waals surface area contributed by atoms with Crippen LogP contribution in [-0.2, 0) is 0 Å². The normalized spacial score (nSPS) is 11.8. The molecular weight excluding hydrogens is 767 g/mol. The Kier molecular flexibility index (Phi) is 7.84. The van der Waals surface area contributed by atoms with Crippen molar-refractivity contribution < 1.29 is 0 Å². The smallest absolute Gasteiger partial charge is 0.160 e. The zero-order valence-electron chi connectivity index (χ0n) is 34.1. The summed E-state index contributed by atoms with van der Waals surface area (Å²) in [5.41, 5.74) is 14.5. The average Bonchev–Trinajstić information content (AvgIpc) is 4.00. The summed E-state index contributed by atoms with van der Waals surface area (Å²) >= 11 is 0. The second-order valence-corrected chi connectivity index (χ2v) is 16.1. The predicted molar refractivity (Wildman–Crippen MR) is 261 cm³/mol. The molecule has 5 nitrogen and oxygen atoms in total. The van der Waals surface area contributed by atoms with Gasteiger partial charge in [0.05, 0.1) is 61.6 Å². The Morgan fingerprint density at radius 3 is 1.06 bits per heavy atom. The third kappa shape index (κ3) is 5.36. The molecule has 0 atom stereocenters. The number of para-hydroxylation sites is 6. The molecule has 0 radical (unpaired) electrons. The molecule has 13 aromatic rings. The quantitative estimate of drug-likeness (QED) is 0.168. The minimum absolute atomic E-state index is 0.671. The van der Waals surface area contributed by atoms with Gasteiger partial charge in [-0.2, -0.15) is 0 Å². The molecule has 4 heterocycles. The van der Waals surface area contributed by atoms with Crippen LogP contribution in [-0.4, -0.2) is 23.7 Å². The fraction of sp³-hybridized carbons (Fsp3) is 0. The van der Waals surface area contributed by atoms with Gasteiger partial charge in [0, 0.05) is 49.0 Å². The topological polar surface area (TPSA) is 40.6 Å².